The van der Waals surface area contributed by atoms with Gasteiger partial charge in [0.15, 0.2) is 0 Å². The van der Waals surface area contributed by atoms with Crippen LogP contribution in [0.15, 0.2) is 30.3 Å². The topological polar surface area (TPSA) is 145 Å². The van der Waals surface area contributed by atoms with Crippen LogP contribution in [0.3, 0.4) is 0 Å². The number of nitrogens with one attached hydrogen (secondary N) is 3. The number of nitrogen functional groups attached to an aromatic ring is 1. The number of nitrogens with zero attached hydrogens (tertiary/aromatic N) is 2. The van der Waals surface area contributed by atoms with Crippen molar-refractivity contribution in [2.75, 3.05) is 37.3 Å². The Labute approximate surface area is 157 Å². The van der Waals surface area contributed by atoms with E-state index < -0.39 is 6.10 Å². The van der Waals surface area contributed by atoms with Crippen LogP contribution in [-0.2, 0) is 0 Å². The van der Waals surface area contributed by atoms with Crippen LogP contribution in [-0.4, -0.2) is 64.5 Å². The molecule has 1 aromatic carbocycles. The smallest absolute Gasteiger partial charge is 0.251 e. The zero-order chi connectivity index (χ0) is 19.2. The third kappa shape index (κ3) is 4.91. The number of hydrogen-bond donors (Lipinski definition) is 6. The Bertz CT molecular complexity index is 800. The molecule has 3 rings (SSSR count). The lowest BCUT2D eigenvalue weighted by Crippen LogP contribution is -2.52. The van der Waals surface area contributed by atoms with Gasteiger partial charge in [-0.05, 0) is 25.1 Å². The maximum absolute atomic E-state index is 12.6. The van der Waals surface area contributed by atoms with Gasteiger partial charge in [0, 0.05) is 30.3 Å². The van der Waals surface area contributed by atoms with E-state index in [0.29, 0.717) is 36.6 Å². The van der Waals surface area contributed by atoms with Crippen molar-refractivity contribution in [3.63, 3.8) is 0 Å². The Kier molecular flexibility index (Phi) is 6.17. The number of anilines is 2. The van der Waals surface area contributed by atoms with Crippen molar-refractivity contribution >= 4 is 17.7 Å². The minimum absolute atomic E-state index is 0.0303. The van der Waals surface area contributed by atoms with Crippen LogP contribution < -0.4 is 21.7 Å². The maximum Gasteiger partial charge on any atom is 0.251 e. The number of piperidine rings is 1. The summed E-state index contributed by atoms with van der Waals surface area (Å²) in [6, 6.07) is 8.46. The van der Waals surface area contributed by atoms with Crippen molar-refractivity contribution in [1.29, 1.82) is 0 Å². The van der Waals surface area contributed by atoms with Gasteiger partial charge >= 0.3 is 0 Å². The molecule has 2 aromatic rings. The number of carbonyl (C=O) groups is 1. The SMILES string of the molecule is Nc1nc(NCCO)cc(-c2cccc(C(=O)N[C@@H]3CCNC[C@H]3O)c2)n1. The van der Waals surface area contributed by atoms with E-state index in [-0.39, 0.29) is 24.5 Å². The van der Waals surface area contributed by atoms with Crippen molar-refractivity contribution in [1.82, 2.24) is 20.6 Å². The first-order valence-electron chi connectivity index (χ1n) is 8.86. The summed E-state index contributed by atoms with van der Waals surface area (Å²) in [6.07, 6.45) is 0.0715. The fourth-order valence-corrected chi connectivity index (χ4v) is 2.97. The quantitative estimate of drug-likeness (QED) is 0.401. The molecule has 0 spiro atoms. The highest BCUT2D eigenvalue weighted by Crippen LogP contribution is 2.22. The normalized spacial score (nSPS) is 19.5. The molecule has 0 bridgehead atoms. The molecule has 144 valence electrons. The molecular weight excluding hydrogens is 348 g/mol. The molecule has 1 fully saturated rings. The van der Waals surface area contributed by atoms with Crippen molar-refractivity contribution < 1.29 is 15.0 Å². The summed E-state index contributed by atoms with van der Waals surface area (Å²) in [5.74, 6) is 0.350. The van der Waals surface area contributed by atoms with Crippen LogP contribution in [0.1, 0.15) is 16.8 Å². The molecule has 1 amide bonds. The Morgan fingerprint density at radius 3 is 2.96 bits per heavy atom. The number of benzene rings is 1. The summed E-state index contributed by atoms with van der Waals surface area (Å²) in [5.41, 5.74) is 7.53. The van der Waals surface area contributed by atoms with E-state index in [1.54, 1.807) is 24.3 Å². The highest BCUT2D eigenvalue weighted by Gasteiger charge is 2.24. The summed E-state index contributed by atoms with van der Waals surface area (Å²) in [5, 5.41) is 27.8. The monoisotopic (exact) mass is 372 g/mol. The second kappa shape index (κ2) is 8.76. The molecule has 2 heterocycles. The van der Waals surface area contributed by atoms with Crippen LogP contribution in [0.2, 0.25) is 0 Å². The van der Waals surface area contributed by atoms with Crippen LogP contribution >= 0.6 is 0 Å². The molecule has 1 aromatic heterocycles. The second-order valence-electron chi connectivity index (χ2n) is 6.37. The van der Waals surface area contributed by atoms with Crippen molar-refractivity contribution in [3.8, 4) is 11.3 Å². The third-order valence-electron chi connectivity index (χ3n) is 4.35. The highest BCUT2D eigenvalue weighted by molar-refractivity contribution is 5.95. The van der Waals surface area contributed by atoms with E-state index in [1.165, 1.54) is 0 Å². The fourth-order valence-electron chi connectivity index (χ4n) is 2.97. The van der Waals surface area contributed by atoms with Gasteiger partial charge in [-0.15, -0.1) is 0 Å². The Morgan fingerprint density at radius 2 is 2.19 bits per heavy atom. The molecule has 7 N–H and O–H groups in total. The minimum Gasteiger partial charge on any atom is -0.395 e. The number of nitrogens with two attached hydrogens (primary N) is 1. The van der Waals surface area contributed by atoms with Gasteiger partial charge in [0.1, 0.15) is 5.82 Å². The molecule has 0 radical (unpaired) electrons. The lowest BCUT2D eigenvalue weighted by Gasteiger charge is -2.29. The van der Waals surface area contributed by atoms with Crippen LogP contribution in [0.4, 0.5) is 11.8 Å². The van der Waals surface area contributed by atoms with E-state index in [4.69, 9.17) is 10.8 Å². The molecule has 9 nitrogen and oxygen atoms in total. The Hall–Kier alpha value is -2.75. The number of aromatic nitrogens is 2. The maximum atomic E-state index is 12.6. The summed E-state index contributed by atoms with van der Waals surface area (Å²) < 4.78 is 0. The molecule has 2 atom stereocenters. The zero-order valence-electron chi connectivity index (χ0n) is 14.9. The van der Waals surface area contributed by atoms with Gasteiger partial charge in [0.05, 0.1) is 24.4 Å². The Morgan fingerprint density at radius 1 is 1.33 bits per heavy atom. The molecule has 0 saturated carbocycles. The second-order valence-corrected chi connectivity index (χ2v) is 6.37. The summed E-state index contributed by atoms with van der Waals surface area (Å²) in [7, 11) is 0. The largest absolute Gasteiger partial charge is 0.395 e. The number of amides is 1. The molecule has 1 aliphatic heterocycles. The van der Waals surface area contributed by atoms with E-state index in [1.807, 2.05) is 6.07 Å². The molecule has 1 saturated heterocycles. The molecule has 1 aliphatic rings. The van der Waals surface area contributed by atoms with Gasteiger partial charge in [-0.3, -0.25) is 4.79 Å². The van der Waals surface area contributed by atoms with E-state index in [9.17, 15) is 9.90 Å². The summed E-state index contributed by atoms with van der Waals surface area (Å²) in [6.45, 7) is 1.54. The van der Waals surface area contributed by atoms with Gasteiger partial charge in [-0.1, -0.05) is 12.1 Å². The van der Waals surface area contributed by atoms with Crippen molar-refractivity contribution in [2.45, 2.75) is 18.6 Å². The predicted octanol–water partition coefficient (Wildman–Crippen LogP) is -0.417. The standard InChI is InChI=1S/C18H24N6O3/c19-18-23-14(9-16(24-18)21-6-7-25)11-2-1-3-12(8-11)17(27)22-13-4-5-20-10-15(13)26/h1-3,8-9,13,15,20,25-26H,4-7,10H2,(H,22,27)(H3,19,21,23,24)/t13-,15-/m1/s1. The Balaban J connectivity index is 1.79. The van der Waals surface area contributed by atoms with Crippen LogP contribution in [0.5, 0.6) is 0 Å². The average Bonchev–Trinajstić information content (AvgIpc) is 2.68. The van der Waals surface area contributed by atoms with Gasteiger partial charge in [0.2, 0.25) is 5.95 Å². The van der Waals surface area contributed by atoms with E-state index in [0.717, 1.165) is 12.1 Å². The number of β-amino-alcohol motifs (C(OH)–C–C–N with tert-alkyl or cyclic N) is 1. The van der Waals surface area contributed by atoms with E-state index in [2.05, 4.69) is 25.9 Å². The van der Waals surface area contributed by atoms with Crippen LogP contribution in [0, 0.1) is 0 Å². The fraction of sp³-hybridized carbons (Fsp3) is 0.389. The summed E-state index contributed by atoms with van der Waals surface area (Å²) in [4.78, 5) is 20.9. The molecule has 0 unspecified atom stereocenters. The van der Waals surface area contributed by atoms with Crippen molar-refractivity contribution in [2.24, 2.45) is 0 Å². The first-order valence-corrected chi connectivity index (χ1v) is 8.86. The average molecular weight is 372 g/mol. The minimum atomic E-state index is -0.604. The first kappa shape index (κ1) is 19.0. The van der Waals surface area contributed by atoms with Crippen LogP contribution in [0.25, 0.3) is 11.3 Å². The van der Waals surface area contributed by atoms with Gasteiger partial charge in [-0.2, -0.15) is 4.98 Å². The predicted molar refractivity (Wildman–Crippen MR) is 102 cm³/mol. The molecule has 0 aliphatic carbocycles. The van der Waals surface area contributed by atoms with Gasteiger partial charge in [0.25, 0.3) is 5.91 Å². The number of aliphatic hydroxyl groups excluding tert-OH is 2. The number of hydrogen-bond acceptors (Lipinski definition) is 8. The summed E-state index contributed by atoms with van der Waals surface area (Å²) >= 11 is 0. The third-order valence-corrected chi connectivity index (χ3v) is 4.35. The van der Waals surface area contributed by atoms with Gasteiger partial charge in [-0.25, -0.2) is 4.98 Å². The number of carbonyl (C=O) groups excluding carboxylic acids is 1. The first-order chi connectivity index (χ1) is 13.1. The lowest BCUT2D eigenvalue weighted by atomic mass is 10.0. The zero-order valence-corrected chi connectivity index (χ0v) is 14.9. The molecule has 9 heteroatoms. The molecular formula is C18H24N6O3. The van der Waals surface area contributed by atoms with Gasteiger partial charge < -0.3 is 31.9 Å². The lowest BCUT2D eigenvalue weighted by molar-refractivity contribution is 0.0765. The van der Waals surface area contributed by atoms with E-state index >= 15 is 0 Å². The van der Waals surface area contributed by atoms with Crippen molar-refractivity contribution in [3.05, 3.63) is 35.9 Å². The number of rotatable bonds is 6. The highest BCUT2D eigenvalue weighted by atomic mass is 16.3. The number of aliphatic hydroxyl groups is 2. The molecule has 27 heavy (non-hydrogen) atoms.